The van der Waals surface area contributed by atoms with Crippen LogP contribution in [-0.2, 0) is 10.2 Å². The van der Waals surface area contributed by atoms with Gasteiger partial charge in [0.1, 0.15) is 0 Å². The summed E-state index contributed by atoms with van der Waals surface area (Å²) >= 11 is 0. The van der Waals surface area contributed by atoms with Crippen LogP contribution in [0.1, 0.15) is 36.1 Å². The molecule has 1 aromatic carbocycles. The average Bonchev–Trinajstić information content (AvgIpc) is 2.13. The van der Waals surface area contributed by atoms with E-state index < -0.39 is 17.5 Å². The van der Waals surface area contributed by atoms with Gasteiger partial charge in [0.15, 0.2) is 6.10 Å². The van der Waals surface area contributed by atoms with E-state index in [0.717, 1.165) is 22.3 Å². The van der Waals surface area contributed by atoms with Crippen molar-refractivity contribution in [1.29, 1.82) is 0 Å². The zero-order valence-corrected chi connectivity index (χ0v) is 11.0. The summed E-state index contributed by atoms with van der Waals surface area (Å²) < 4.78 is 0. The molecule has 0 aliphatic carbocycles. The normalized spacial score (nSPS) is 13.5. The lowest BCUT2D eigenvalue weighted by Crippen LogP contribution is -2.40. The van der Waals surface area contributed by atoms with E-state index in [0.29, 0.717) is 0 Å². The van der Waals surface area contributed by atoms with Gasteiger partial charge in [-0.2, -0.15) is 0 Å². The molecule has 0 saturated carbocycles. The standard InChI is InChI=1S/C14H20O3/c1-8-6-9(2)11(10(3)7-8)14(4,5)12(15)13(16)17/h6-7,12,15H,1-5H3,(H,16,17). The molecule has 3 nitrogen and oxygen atoms in total. The smallest absolute Gasteiger partial charge is 0.333 e. The average molecular weight is 236 g/mol. The number of rotatable bonds is 3. The van der Waals surface area contributed by atoms with Crippen LogP contribution >= 0.6 is 0 Å². The van der Waals surface area contributed by atoms with Crippen LogP contribution in [-0.4, -0.2) is 22.3 Å². The lowest BCUT2D eigenvalue weighted by atomic mass is 9.75. The molecule has 2 N–H and O–H groups in total. The van der Waals surface area contributed by atoms with Gasteiger partial charge in [-0.1, -0.05) is 31.5 Å². The Kier molecular flexibility index (Phi) is 3.62. The van der Waals surface area contributed by atoms with Crippen molar-refractivity contribution in [3.05, 3.63) is 34.4 Å². The molecule has 0 aliphatic heterocycles. The van der Waals surface area contributed by atoms with Crippen LogP contribution < -0.4 is 0 Å². The van der Waals surface area contributed by atoms with Gasteiger partial charge in [-0.15, -0.1) is 0 Å². The Morgan fingerprint density at radius 3 is 1.94 bits per heavy atom. The summed E-state index contributed by atoms with van der Waals surface area (Å²) in [5.41, 5.74) is 3.30. The number of carbonyl (C=O) groups is 1. The molecule has 0 spiro atoms. The second-order valence-electron chi connectivity index (χ2n) is 5.24. The van der Waals surface area contributed by atoms with Crippen molar-refractivity contribution in [3.63, 3.8) is 0 Å². The molecule has 1 aromatic rings. The molecule has 0 fully saturated rings. The van der Waals surface area contributed by atoms with Crippen LogP contribution in [0.3, 0.4) is 0 Å². The maximum absolute atomic E-state index is 11.0. The molecule has 1 atom stereocenters. The van der Waals surface area contributed by atoms with Crippen molar-refractivity contribution in [2.24, 2.45) is 0 Å². The molecule has 0 aliphatic rings. The number of carboxylic acids is 1. The fourth-order valence-electron chi connectivity index (χ4n) is 2.64. The van der Waals surface area contributed by atoms with Gasteiger partial charge >= 0.3 is 5.97 Å². The van der Waals surface area contributed by atoms with Crippen LogP contribution in [0.4, 0.5) is 0 Å². The minimum absolute atomic E-state index is 0.798. The highest BCUT2D eigenvalue weighted by atomic mass is 16.4. The van der Waals surface area contributed by atoms with Crippen molar-refractivity contribution in [2.75, 3.05) is 0 Å². The molecule has 94 valence electrons. The Morgan fingerprint density at radius 1 is 1.18 bits per heavy atom. The van der Waals surface area contributed by atoms with Crippen molar-refractivity contribution in [2.45, 2.75) is 46.1 Å². The second kappa shape index (κ2) is 4.49. The number of carboxylic acid groups (broad SMARTS) is 1. The Hall–Kier alpha value is -1.35. The summed E-state index contributed by atoms with van der Waals surface area (Å²) in [5.74, 6) is -1.19. The first-order valence-electron chi connectivity index (χ1n) is 5.67. The van der Waals surface area contributed by atoms with Gasteiger partial charge in [0.05, 0.1) is 0 Å². The number of benzene rings is 1. The summed E-state index contributed by atoms with van der Waals surface area (Å²) in [6.45, 7) is 9.43. The van der Waals surface area contributed by atoms with E-state index in [-0.39, 0.29) is 0 Å². The van der Waals surface area contributed by atoms with Gasteiger partial charge in [-0.3, -0.25) is 0 Å². The zero-order valence-electron chi connectivity index (χ0n) is 11.0. The minimum atomic E-state index is -1.40. The molecule has 0 bridgehead atoms. The molecule has 17 heavy (non-hydrogen) atoms. The van der Waals surface area contributed by atoms with Crippen molar-refractivity contribution >= 4 is 5.97 Å². The Balaban J connectivity index is 3.38. The molecule has 0 aromatic heterocycles. The number of aliphatic carboxylic acids is 1. The molecule has 0 saturated heterocycles. The number of aliphatic hydroxyl groups excluding tert-OH is 1. The van der Waals surface area contributed by atoms with E-state index in [4.69, 9.17) is 5.11 Å². The summed E-state index contributed by atoms with van der Waals surface area (Å²) in [6.07, 6.45) is -1.40. The highest BCUT2D eigenvalue weighted by Gasteiger charge is 2.37. The van der Waals surface area contributed by atoms with Gasteiger partial charge in [-0.25, -0.2) is 4.79 Å². The Bertz CT molecular complexity index is 424. The molecular weight excluding hydrogens is 216 g/mol. The van der Waals surface area contributed by atoms with Gasteiger partial charge in [0.25, 0.3) is 0 Å². The van der Waals surface area contributed by atoms with Crippen molar-refractivity contribution in [1.82, 2.24) is 0 Å². The lowest BCUT2D eigenvalue weighted by molar-refractivity contribution is -0.150. The van der Waals surface area contributed by atoms with E-state index in [1.165, 1.54) is 0 Å². The van der Waals surface area contributed by atoms with Crippen LogP contribution in [0.15, 0.2) is 12.1 Å². The van der Waals surface area contributed by atoms with Crippen molar-refractivity contribution in [3.8, 4) is 0 Å². The van der Waals surface area contributed by atoms with Gasteiger partial charge < -0.3 is 10.2 Å². The third kappa shape index (κ3) is 2.50. The molecular formula is C14H20O3. The first-order valence-corrected chi connectivity index (χ1v) is 5.67. The monoisotopic (exact) mass is 236 g/mol. The lowest BCUT2D eigenvalue weighted by Gasteiger charge is -2.31. The molecule has 3 heteroatoms. The van der Waals surface area contributed by atoms with E-state index in [9.17, 15) is 9.90 Å². The predicted molar refractivity (Wildman–Crippen MR) is 67.3 cm³/mol. The SMILES string of the molecule is Cc1cc(C)c(C(C)(C)C(O)C(=O)O)c(C)c1. The van der Waals surface area contributed by atoms with Gasteiger partial charge in [0, 0.05) is 5.41 Å². The number of hydrogen-bond acceptors (Lipinski definition) is 2. The Morgan fingerprint density at radius 2 is 1.59 bits per heavy atom. The summed E-state index contributed by atoms with van der Waals surface area (Å²) in [7, 11) is 0. The molecule has 1 unspecified atom stereocenters. The minimum Gasteiger partial charge on any atom is -0.479 e. The zero-order chi connectivity index (χ0) is 13.4. The number of hydrogen-bond donors (Lipinski definition) is 2. The van der Waals surface area contributed by atoms with Gasteiger partial charge in [-0.05, 0) is 37.5 Å². The largest absolute Gasteiger partial charge is 0.479 e. The first kappa shape index (κ1) is 13.7. The third-order valence-electron chi connectivity index (χ3n) is 3.24. The summed E-state index contributed by atoms with van der Waals surface area (Å²) in [5, 5.41) is 18.8. The third-order valence-corrected chi connectivity index (χ3v) is 3.24. The highest BCUT2D eigenvalue weighted by molar-refractivity contribution is 5.74. The highest BCUT2D eigenvalue weighted by Crippen LogP contribution is 2.33. The van der Waals surface area contributed by atoms with Gasteiger partial charge in [0.2, 0.25) is 0 Å². The molecule has 0 heterocycles. The Labute approximate surface area is 102 Å². The fourth-order valence-corrected chi connectivity index (χ4v) is 2.64. The van der Waals surface area contributed by atoms with Crippen LogP contribution in [0.5, 0.6) is 0 Å². The second-order valence-corrected chi connectivity index (χ2v) is 5.24. The first-order chi connectivity index (χ1) is 7.67. The quantitative estimate of drug-likeness (QED) is 0.847. The predicted octanol–water partition coefficient (Wildman–Crippen LogP) is 2.33. The molecule has 0 radical (unpaired) electrons. The van der Waals surface area contributed by atoms with Crippen molar-refractivity contribution < 1.29 is 15.0 Å². The fraction of sp³-hybridized carbons (Fsp3) is 0.500. The molecule has 1 rings (SSSR count). The molecule has 0 amide bonds. The number of aliphatic hydroxyl groups is 1. The van der Waals surface area contributed by atoms with E-state index in [2.05, 4.69) is 0 Å². The maximum atomic E-state index is 11.0. The van der Waals surface area contributed by atoms with Crippen LogP contribution in [0, 0.1) is 20.8 Å². The summed E-state index contributed by atoms with van der Waals surface area (Å²) in [6, 6.07) is 4.03. The van der Waals surface area contributed by atoms with Crippen LogP contribution in [0.25, 0.3) is 0 Å². The van der Waals surface area contributed by atoms with Crippen LogP contribution in [0.2, 0.25) is 0 Å². The maximum Gasteiger partial charge on any atom is 0.333 e. The van der Waals surface area contributed by atoms with E-state index >= 15 is 0 Å². The number of aryl methyl sites for hydroxylation is 3. The van der Waals surface area contributed by atoms with E-state index in [1.807, 2.05) is 32.9 Å². The van der Waals surface area contributed by atoms with E-state index in [1.54, 1.807) is 13.8 Å². The topological polar surface area (TPSA) is 57.5 Å². The summed E-state index contributed by atoms with van der Waals surface area (Å²) in [4.78, 5) is 11.0.